The molecule has 1 fully saturated rings. The molecular weight excluding hydrogens is 182 g/mol. The number of nitrogens with one attached hydrogen (secondary N) is 2. The highest BCUT2D eigenvalue weighted by atomic mass is 16.5. The number of nitrogens with zero attached hydrogens (tertiary/aromatic N) is 1. The van der Waals surface area contributed by atoms with Gasteiger partial charge in [0.05, 0.1) is 0 Å². The number of amides is 1. The quantitative estimate of drug-likeness (QED) is 0.737. The minimum absolute atomic E-state index is 0.134. The molecule has 0 spiro atoms. The molecule has 1 aromatic heterocycles. The molecule has 0 aromatic carbocycles. The number of aromatic nitrogens is 2. The van der Waals surface area contributed by atoms with Gasteiger partial charge in [-0.3, -0.25) is 10.1 Å². The van der Waals surface area contributed by atoms with E-state index in [1.165, 1.54) is 0 Å². The molecule has 14 heavy (non-hydrogen) atoms. The maximum atomic E-state index is 11.7. The maximum absolute atomic E-state index is 11.7. The Morgan fingerprint density at radius 2 is 2.64 bits per heavy atom. The summed E-state index contributed by atoms with van der Waals surface area (Å²) in [5.74, 6) is 0.330. The molecule has 5 heteroatoms. The average molecular weight is 195 g/mol. The maximum Gasteiger partial charge on any atom is 0.258 e. The molecule has 1 aliphatic rings. The Labute approximate surface area is 81.9 Å². The summed E-state index contributed by atoms with van der Waals surface area (Å²) in [6, 6.07) is 0. The first-order valence-electron chi connectivity index (χ1n) is 4.65. The van der Waals surface area contributed by atoms with Gasteiger partial charge < -0.3 is 9.72 Å². The van der Waals surface area contributed by atoms with Gasteiger partial charge in [0.1, 0.15) is 5.60 Å². The number of carbonyl (C=O) groups excluding carboxylic acids is 1. The van der Waals surface area contributed by atoms with Crippen LogP contribution in [0.3, 0.4) is 0 Å². The number of H-pyrrole nitrogens is 1. The van der Waals surface area contributed by atoms with Gasteiger partial charge in [-0.1, -0.05) is 0 Å². The van der Waals surface area contributed by atoms with Crippen molar-refractivity contribution in [3.8, 4) is 0 Å². The van der Waals surface area contributed by atoms with Crippen LogP contribution in [0.15, 0.2) is 12.4 Å². The molecule has 1 amide bonds. The molecule has 1 aliphatic heterocycles. The van der Waals surface area contributed by atoms with Crippen molar-refractivity contribution in [2.24, 2.45) is 0 Å². The Bertz CT molecular complexity index is 315. The van der Waals surface area contributed by atoms with Crippen molar-refractivity contribution in [1.82, 2.24) is 9.97 Å². The third kappa shape index (κ3) is 1.63. The van der Waals surface area contributed by atoms with E-state index in [4.69, 9.17) is 4.74 Å². The monoisotopic (exact) mass is 195 g/mol. The standard InChI is InChI=1S/C9H13N3O2/c1-9(3-2-6-14-9)7(13)12-8-10-4-5-11-8/h4-5H,2-3,6H2,1H3,(H2,10,11,12,13). The second-order valence-corrected chi connectivity index (χ2v) is 3.57. The van der Waals surface area contributed by atoms with Gasteiger partial charge in [0, 0.05) is 19.0 Å². The van der Waals surface area contributed by atoms with Crippen molar-refractivity contribution < 1.29 is 9.53 Å². The lowest BCUT2D eigenvalue weighted by atomic mass is 10.0. The first-order valence-corrected chi connectivity index (χ1v) is 4.65. The third-order valence-electron chi connectivity index (χ3n) is 2.43. The van der Waals surface area contributed by atoms with E-state index in [0.717, 1.165) is 12.8 Å². The second kappa shape index (κ2) is 3.42. The molecule has 5 nitrogen and oxygen atoms in total. The predicted octanol–water partition coefficient (Wildman–Crippen LogP) is 0.917. The summed E-state index contributed by atoms with van der Waals surface area (Å²) in [4.78, 5) is 18.5. The van der Waals surface area contributed by atoms with Gasteiger partial charge in [0.2, 0.25) is 5.95 Å². The van der Waals surface area contributed by atoms with Gasteiger partial charge in [-0.2, -0.15) is 0 Å². The largest absolute Gasteiger partial charge is 0.365 e. The fraction of sp³-hybridized carbons (Fsp3) is 0.556. The van der Waals surface area contributed by atoms with E-state index >= 15 is 0 Å². The molecule has 2 N–H and O–H groups in total. The molecule has 0 radical (unpaired) electrons. The normalized spacial score (nSPS) is 26.4. The van der Waals surface area contributed by atoms with Crippen LogP contribution < -0.4 is 5.32 Å². The number of hydrogen-bond acceptors (Lipinski definition) is 3. The Hall–Kier alpha value is -1.36. The first-order chi connectivity index (χ1) is 6.71. The zero-order chi connectivity index (χ0) is 10.0. The molecule has 0 saturated carbocycles. The molecule has 2 rings (SSSR count). The summed E-state index contributed by atoms with van der Waals surface area (Å²) in [5, 5.41) is 2.67. The first kappa shape index (κ1) is 9.21. The lowest BCUT2D eigenvalue weighted by Gasteiger charge is -2.20. The van der Waals surface area contributed by atoms with Gasteiger partial charge in [-0.25, -0.2) is 4.98 Å². The van der Waals surface area contributed by atoms with E-state index in [-0.39, 0.29) is 5.91 Å². The summed E-state index contributed by atoms with van der Waals surface area (Å²) in [5.41, 5.74) is -0.688. The number of aromatic amines is 1. The number of anilines is 1. The summed E-state index contributed by atoms with van der Waals surface area (Å²) in [6.07, 6.45) is 4.95. The smallest absolute Gasteiger partial charge is 0.258 e. The number of imidazole rings is 1. The van der Waals surface area contributed by atoms with Crippen LogP contribution in [0.2, 0.25) is 0 Å². The number of hydrogen-bond donors (Lipinski definition) is 2. The lowest BCUT2D eigenvalue weighted by Crippen LogP contribution is -2.39. The summed E-state index contributed by atoms with van der Waals surface area (Å²) in [6.45, 7) is 2.46. The van der Waals surface area contributed by atoms with Crippen LogP contribution in [0.4, 0.5) is 5.95 Å². The number of rotatable bonds is 2. The Morgan fingerprint density at radius 3 is 3.21 bits per heavy atom. The van der Waals surface area contributed by atoms with Gasteiger partial charge in [-0.05, 0) is 19.8 Å². The van der Waals surface area contributed by atoms with Gasteiger partial charge >= 0.3 is 0 Å². The van der Waals surface area contributed by atoms with E-state index in [9.17, 15) is 4.79 Å². The van der Waals surface area contributed by atoms with Crippen LogP contribution >= 0.6 is 0 Å². The molecule has 2 heterocycles. The van der Waals surface area contributed by atoms with Gasteiger partial charge in [0.15, 0.2) is 0 Å². The Morgan fingerprint density at radius 1 is 1.79 bits per heavy atom. The van der Waals surface area contributed by atoms with Crippen LogP contribution in [0.1, 0.15) is 19.8 Å². The molecule has 1 aromatic rings. The van der Waals surface area contributed by atoms with E-state index in [2.05, 4.69) is 15.3 Å². The average Bonchev–Trinajstić information content (AvgIpc) is 2.76. The summed E-state index contributed by atoms with van der Waals surface area (Å²) in [7, 11) is 0. The fourth-order valence-electron chi connectivity index (χ4n) is 1.53. The number of ether oxygens (including phenoxy) is 1. The van der Waals surface area contributed by atoms with Crippen molar-refractivity contribution in [1.29, 1.82) is 0 Å². The fourth-order valence-corrected chi connectivity index (χ4v) is 1.53. The second-order valence-electron chi connectivity index (χ2n) is 3.57. The van der Waals surface area contributed by atoms with Crippen LogP contribution in [-0.4, -0.2) is 28.1 Å². The molecule has 1 atom stereocenters. The van der Waals surface area contributed by atoms with Gasteiger partial charge in [0.25, 0.3) is 5.91 Å². The van der Waals surface area contributed by atoms with Crippen molar-refractivity contribution in [2.45, 2.75) is 25.4 Å². The zero-order valence-corrected chi connectivity index (χ0v) is 8.04. The van der Waals surface area contributed by atoms with E-state index < -0.39 is 5.60 Å². The minimum atomic E-state index is -0.688. The highest BCUT2D eigenvalue weighted by Crippen LogP contribution is 2.25. The molecular formula is C9H13N3O2. The van der Waals surface area contributed by atoms with Crippen molar-refractivity contribution in [3.63, 3.8) is 0 Å². The summed E-state index contributed by atoms with van der Waals surface area (Å²) < 4.78 is 5.40. The van der Waals surface area contributed by atoms with Crippen molar-refractivity contribution in [3.05, 3.63) is 12.4 Å². The summed E-state index contributed by atoms with van der Waals surface area (Å²) >= 11 is 0. The van der Waals surface area contributed by atoms with Crippen LogP contribution in [0.25, 0.3) is 0 Å². The van der Waals surface area contributed by atoms with Crippen LogP contribution in [-0.2, 0) is 9.53 Å². The highest BCUT2D eigenvalue weighted by molar-refractivity contribution is 5.95. The lowest BCUT2D eigenvalue weighted by molar-refractivity contribution is -0.133. The highest BCUT2D eigenvalue weighted by Gasteiger charge is 2.37. The van der Waals surface area contributed by atoms with Crippen molar-refractivity contribution in [2.75, 3.05) is 11.9 Å². The molecule has 1 saturated heterocycles. The van der Waals surface area contributed by atoms with E-state index in [1.54, 1.807) is 19.3 Å². The van der Waals surface area contributed by atoms with E-state index in [0.29, 0.717) is 12.6 Å². The Kier molecular flexibility index (Phi) is 2.25. The van der Waals surface area contributed by atoms with Crippen LogP contribution in [0, 0.1) is 0 Å². The van der Waals surface area contributed by atoms with Crippen molar-refractivity contribution >= 4 is 11.9 Å². The third-order valence-corrected chi connectivity index (χ3v) is 2.43. The van der Waals surface area contributed by atoms with Crippen LogP contribution in [0.5, 0.6) is 0 Å². The predicted molar refractivity (Wildman–Crippen MR) is 50.8 cm³/mol. The zero-order valence-electron chi connectivity index (χ0n) is 8.04. The topological polar surface area (TPSA) is 67.0 Å². The van der Waals surface area contributed by atoms with Gasteiger partial charge in [-0.15, -0.1) is 0 Å². The molecule has 0 aliphatic carbocycles. The molecule has 1 unspecified atom stereocenters. The minimum Gasteiger partial charge on any atom is -0.365 e. The number of carbonyl (C=O) groups is 1. The molecule has 0 bridgehead atoms. The molecule has 76 valence electrons. The SMILES string of the molecule is CC1(C(=O)Nc2ncc[nH]2)CCCO1. The Balaban J connectivity index is 2.02. The van der Waals surface area contributed by atoms with E-state index in [1.807, 2.05) is 0 Å².